The van der Waals surface area contributed by atoms with Crippen LogP contribution in [0, 0.1) is 0 Å². The van der Waals surface area contributed by atoms with Crippen molar-refractivity contribution in [1.82, 2.24) is 19.4 Å². The van der Waals surface area contributed by atoms with Gasteiger partial charge in [-0.25, -0.2) is 0 Å². The Morgan fingerprint density at radius 1 is 1.38 bits per heavy atom. The molecule has 16 heavy (non-hydrogen) atoms. The van der Waals surface area contributed by atoms with Crippen LogP contribution in [0.2, 0.25) is 4.34 Å². The zero-order valence-corrected chi connectivity index (χ0v) is 10.1. The number of likely N-dealkylation sites (N-methyl/N-ethyl adjacent to an activating group) is 1. The predicted octanol–water partition coefficient (Wildman–Crippen LogP) is -0.00790. The van der Waals surface area contributed by atoms with Crippen LogP contribution < -0.4 is 0 Å². The fourth-order valence-electron chi connectivity index (χ4n) is 1.40. The van der Waals surface area contributed by atoms with E-state index in [9.17, 15) is 9.59 Å². The summed E-state index contributed by atoms with van der Waals surface area (Å²) in [6, 6.07) is 0. The van der Waals surface area contributed by atoms with Gasteiger partial charge in [0.1, 0.15) is 10.0 Å². The van der Waals surface area contributed by atoms with Crippen molar-refractivity contribution in [2.24, 2.45) is 0 Å². The lowest BCUT2D eigenvalue weighted by molar-refractivity contribution is -0.155. The summed E-state index contributed by atoms with van der Waals surface area (Å²) in [5.41, 5.74) is 0.539. The molecule has 0 atom stereocenters. The number of rotatable bonds is 2. The van der Waals surface area contributed by atoms with Gasteiger partial charge < -0.3 is 9.80 Å². The minimum atomic E-state index is -0.516. The number of carbonyl (C=O) groups excluding carboxylic acids is 2. The van der Waals surface area contributed by atoms with Crippen LogP contribution in [0.5, 0.6) is 0 Å². The molecule has 1 aromatic heterocycles. The maximum absolute atomic E-state index is 11.6. The summed E-state index contributed by atoms with van der Waals surface area (Å²) in [5.74, 6) is -1.01. The van der Waals surface area contributed by atoms with Gasteiger partial charge in [-0.2, -0.15) is 0 Å². The Morgan fingerprint density at radius 2 is 2.12 bits per heavy atom. The van der Waals surface area contributed by atoms with E-state index < -0.39 is 11.8 Å². The van der Waals surface area contributed by atoms with Crippen LogP contribution >= 0.6 is 23.1 Å². The van der Waals surface area contributed by atoms with Crippen LogP contribution in [0.3, 0.4) is 0 Å². The van der Waals surface area contributed by atoms with Crippen LogP contribution in [0.1, 0.15) is 5.69 Å². The topological polar surface area (TPSA) is 66.4 Å². The lowest BCUT2D eigenvalue weighted by atomic mass is 10.3. The fourth-order valence-corrected chi connectivity index (χ4v) is 2.01. The maximum atomic E-state index is 11.6. The number of carbonyl (C=O) groups is 2. The average Bonchev–Trinajstić information content (AvgIpc) is 2.65. The Morgan fingerprint density at radius 3 is 2.75 bits per heavy atom. The number of piperazine rings is 1. The highest BCUT2D eigenvalue weighted by Gasteiger charge is 2.30. The van der Waals surface area contributed by atoms with E-state index >= 15 is 0 Å². The molecule has 8 heteroatoms. The molecule has 0 unspecified atom stereocenters. The van der Waals surface area contributed by atoms with Crippen LogP contribution in [0.4, 0.5) is 0 Å². The van der Waals surface area contributed by atoms with Crippen molar-refractivity contribution in [2.45, 2.75) is 6.54 Å². The smallest absolute Gasteiger partial charge is 0.312 e. The fraction of sp³-hybridized carbons (Fsp3) is 0.500. The Balaban J connectivity index is 2.09. The molecule has 2 rings (SSSR count). The molecule has 1 aliphatic heterocycles. The Kier molecular flexibility index (Phi) is 3.06. The van der Waals surface area contributed by atoms with E-state index in [1.165, 1.54) is 9.80 Å². The molecule has 0 saturated carbocycles. The van der Waals surface area contributed by atoms with Gasteiger partial charge in [-0.3, -0.25) is 9.59 Å². The molecule has 86 valence electrons. The molecule has 1 saturated heterocycles. The van der Waals surface area contributed by atoms with Crippen LogP contribution in [-0.4, -0.2) is 51.3 Å². The Hall–Kier alpha value is -1.21. The molecular weight excluding hydrogens is 252 g/mol. The lowest BCUT2D eigenvalue weighted by Crippen LogP contribution is -2.52. The van der Waals surface area contributed by atoms with Gasteiger partial charge >= 0.3 is 11.8 Å². The highest BCUT2D eigenvalue weighted by molar-refractivity contribution is 7.10. The first-order chi connectivity index (χ1) is 7.59. The second-order valence-electron chi connectivity index (χ2n) is 3.45. The second-order valence-corrected chi connectivity index (χ2v) is 4.80. The van der Waals surface area contributed by atoms with Crippen LogP contribution in [0.25, 0.3) is 0 Å². The number of amides is 2. The third kappa shape index (κ3) is 2.00. The van der Waals surface area contributed by atoms with Crippen molar-refractivity contribution in [3.63, 3.8) is 0 Å². The number of hydrogen-bond acceptors (Lipinski definition) is 5. The van der Waals surface area contributed by atoms with Crippen LogP contribution in [0.15, 0.2) is 0 Å². The zero-order valence-electron chi connectivity index (χ0n) is 8.51. The normalized spacial score (nSPS) is 17.1. The number of halogens is 1. The average molecular weight is 261 g/mol. The van der Waals surface area contributed by atoms with E-state index in [0.29, 0.717) is 23.1 Å². The van der Waals surface area contributed by atoms with E-state index in [2.05, 4.69) is 9.59 Å². The monoisotopic (exact) mass is 260 g/mol. The first kappa shape index (κ1) is 11.3. The van der Waals surface area contributed by atoms with Crippen LogP contribution in [-0.2, 0) is 16.1 Å². The lowest BCUT2D eigenvalue weighted by Gasteiger charge is -2.30. The quantitative estimate of drug-likeness (QED) is 0.702. The molecule has 6 nitrogen and oxygen atoms in total. The third-order valence-electron chi connectivity index (χ3n) is 2.37. The van der Waals surface area contributed by atoms with Crippen molar-refractivity contribution in [1.29, 1.82) is 0 Å². The maximum Gasteiger partial charge on any atom is 0.312 e. The van der Waals surface area contributed by atoms with Gasteiger partial charge in [-0.05, 0) is 0 Å². The largest absolute Gasteiger partial charge is 0.336 e. The molecule has 0 aliphatic carbocycles. The minimum Gasteiger partial charge on any atom is -0.336 e. The van der Waals surface area contributed by atoms with Crippen molar-refractivity contribution in [3.8, 4) is 0 Å². The highest BCUT2D eigenvalue weighted by atomic mass is 35.5. The summed E-state index contributed by atoms with van der Waals surface area (Å²) in [5, 5.41) is 3.81. The first-order valence-electron chi connectivity index (χ1n) is 4.60. The summed E-state index contributed by atoms with van der Waals surface area (Å²) in [4.78, 5) is 25.9. The number of aromatic nitrogens is 2. The summed E-state index contributed by atoms with van der Waals surface area (Å²) in [6.45, 7) is 1.27. The van der Waals surface area contributed by atoms with Gasteiger partial charge in [-0.15, -0.1) is 5.10 Å². The molecule has 1 fully saturated rings. The van der Waals surface area contributed by atoms with E-state index in [0.717, 1.165) is 11.5 Å². The molecule has 0 bridgehead atoms. The second kappa shape index (κ2) is 4.34. The molecule has 0 aromatic carbocycles. The third-order valence-corrected chi connectivity index (χ3v) is 3.36. The molecule has 0 spiro atoms. The molecule has 0 N–H and O–H groups in total. The molecular formula is C8H9ClN4O2S. The number of nitrogens with zero attached hydrogens (tertiary/aromatic N) is 4. The van der Waals surface area contributed by atoms with Gasteiger partial charge in [-0.1, -0.05) is 16.1 Å². The van der Waals surface area contributed by atoms with Gasteiger partial charge in [0.25, 0.3) is 0 Å². The van der Waals surface area contributed by atoms with E-state index in [1.807, 2.05) is 0 Å². The van der Waals surface area contributed by atoms with Crippen molar-refractivity contribution < 1.29 is 9.59 Å². The minimum absolute atomic E-state index is 0.244. The highest BCUT2D eigenvalue weighted by Crippen LogP contribution is 2.19. The zero-order chi connectivity index (χ0) is 11.7. The van der Waals surface area contributed by atoms with Crippen molar-refractivity contribution in [3.05, 3.63) is 10.0 Å². The summed E-state index contributed by atoms with van der Waals surface area (Å²) in [7, 11) is 1.61. The molecule has 2 amide bonds. The predicted molar refractivity (Wildman–Crippen MR) is 58.0 cm³/mol. The SMILES string of the molecule is CN1CCN(Cc2nnsc2Cl)C(=O)C1=O. The summed E-state index contributed by atoms with van der Waals surface area (Å²) >= 11 is 6.90. The number of hydrogen-bond donors (Lipinski definition) is 0. The summed E-state index contributed by atoms with van der Waals surface area (Å²) in [6.07, 6.45) is 0. The Bertz CT molecular complexity index is 435. The van der Waals surface area contributed by atoms with Gasteiger partial charge in [0.15, 0.2) is 0 Å². The molecule has 1 aromatic rings. The first-order valence-corrected chi connectivity index (χ1v) is 5.76. The standard InChI is InChI=1S/C8H9ClN4O2S/c1-12-2-3-13(8(15)7(12)14)4-5-6(9)16-11-10-5/h2-4H2,1H3. The van der Waals surface area contributed by atoms with E-state index in [-0.39, 0.29) is 6.54 Å². The van der Waals surface area contributed by atoms with Gasteiger partial charge in [0, 0.05) is 31.7 Å². The van der Waals surface area contributed by atoms with E-state index in [1.54, 1.807) is 7.05 Å². The van der Waals surface area contributed by atoms with Crippen molar-refractivity contribution in [2.75, 3.05) is 20.1 Å². The molecule has 1 aliphatic rings. The Labute approximate surface area is 101 Å². The van der Waals surface area contributed by atoms with Gasteiger partial charge in [0.2, 0.25) is 0 Å². The van der Waals surface area contributed by atoms with E-state index in [4.69, 9.17) is 11.6 Å². The molecule has 2 heterocycles. The summed E-state index contributed by atoms with van der Waals surface area (Å²) < 4.78 is 4.13. The van der Waals surface area contributed by atoms with Gasteiger partial charge in [0.05, 0.1) is 6.54 Å². The molecule has 0 radical (unpaired) electrons. The van der Waals surface area contributed by atoms with Crippen molar-refractivity contribution >= 4 is 34.9 Å².